The Labute approximate surface area is 108 Å². The molecule has 0 amide bonds. The van der Waals surface area contributed by atoms with Gasteiger partial charge in [0.1, 0.15) is 0 Å². The molecule has 0 spiro atoms. The molecule has 1 aliphatic heterocycles. The molecule has 0 aromatic rings. The van der Waals surface area contributed by atoms with E-state index in [4.69, 9.17) is 4.74 Å². The van der Waals surface area contributed by atoms with E-state index in [1.807, 2.05) is 0 Å². The molecule has 1 heterocycles. The molecule has 2 unspecified atom stereocenters. The zero-order valence-corrected chi connectivity index (χ0v) is 13.4. The van der Waals surface area contributed by atoms with Crippen molar-refractivity contribution in [2.75, 3.05) is 6.61 Å². The monoisotopic (exact) mass is 384 g/mol. The summed E-state index contributed by atoms with van der Waals surface area (Å²) in [6, 6.07) is 0. The molecular weight excluding hydrogens is 360 g/mol. The van der Waals surface area contributed by atoms with E-state index in [2.05, 4.69) is 34.6 Å². The van der Waals surface area contributed by atoms with Gasteiger partial charge in [-0.05, 0) is 30.6 Å². The summed E-state index contributed by atoms with van der Waals surface area (Å²) in [5.74, 6) is 2.32. The van der Waals surface area contributed by atoms with Gasteiger partial charge in [0.2, 0.25) is 0 Å². The third-order valence-electron chi connectivity index (χ3n) is 3.52. The molecule has 1 saturated heterocycles. The van der Waals surface area contributed by atoms with Crippen molar-refractivity contribution in [3.63, 3.8) is 0 Å². The Morgan fingerprint density at radius 3 is 1.87 bits per heavy atom. The van der Waals surface area contributed by atoms with Gasteiger partial charge in [-0.15, -0.1) is 0 Å². The van der Waals surface area contributed by atoms with Crippen LogP contribution in [0.4, 0.5) is 0 Å². The van der Waals surface area contributed by atoms with Crippen LogP contribution in [0.25, 0.3) is 0 Å². The minimum atomic E-state index is 0. The number of rotatable bonds is 3. The van der Waals surface area contributed by atoms with Crippen molar-refractivity contribution in [2.45, 2.75) is 46.8 Å². The Morgan fingerprint density at radius 1 is 1.07 bits per heavy atom. The molecule has 0 bridgehead atoms. The third-order valence-corrected chi connectivity index (χ3v) is 3.52. The van der Waals surface area contributed by atoms with Crippen LogP contribution in [0.1, 0.15) is 34.6 Å². The fraction of sp³-hybridized carbons (Fsp3) is 1.00. The predicted octanol–water partition coefficient (Wildman–Crippen LogP) is 2.31. The topological polar surface area (TPSA) is 29.5 Å². The Morgan fingerprint density at radius 2 is 1.53 bits per heavy atom. The number of hydrogen-bond acceptors (Lipinski definition) is 2. The van der Waals surface area contributed by atoms with Gasteiger partial charge in [0.15, 0.2) is 0 Å². The molecule has 1 rings (SSSR count). The minimum absolute atomic E-state index is 0. The first-order valence-corrected chi connectivity index (χ1v) is 5.75. The van der Waals surface area contributed by atoms with Crippen LogP contribution >= 0.6 is 0 Å². The van der Waals surface area contributed by atoms with Crippen LogP contribution in [0.5, 0.6) is 0 Å². The zero-order valence-electron chi connectivity index (χ0n) is 10.4. The summed E-state index contributed by atoms with van der Waals surface area (Å²) in [7, 11) is 0. The molecule has 0 aromatic heterocycles. The summed E-state index contributed by atoms with van der Waals surface area (Å²) in [6.07, 6.45) is 0.344. The van der Waals surface area contributed by atoms with Crippen LogP contribution in [0.3, 0.4) is 0 Å². The molecule has 1 fully saturated rings. The molecule has 3 heteroatoms. The van der Waals surface area contributed by atoms with Crippen molar-refractivity contribution >= 4 is 0 Å². The average Bonchev–Trinajstić information content (AvgIpc) is 2.41. The van der Waals surface area contributed by atoms with Gasteiger partial charge in [-0.1, -0.05) is 27.7 Å². The van der Waals surface area contributed by atoms with Crippen LogP contribution < -0.4 is 0 Å². The van der Waals surface area contributed by atoms with E-state index in [1.165, 1.54) is 0 Å². The predicted molar refractivity (Wildman–Crippen MR) is 58.1 cm³/mol. The molecule has 0 aromatic carbocycles. The molecule has 1 aliphatic rings. The summed E-state index contributed by atoms with van der Waals surface area (Å²) in [5, 5.41) is 9.28. The van der Waals surface area contributed by atoms with Crippen LogP contribution in [0.15, 0.2) is 0 Å². The fourth-order valence-corrected chi connectivity index (χ4v) is 3.04. The number of hydrogen-bond donors (Lipinski definition) is 1. The molecule has 2 nitrogen and oxygen atoms in total. The maximum absolute atomic E-state index is 9.28. The van der Waals surface area contributed by atoms with E-state index in [0.717, 1.165) is 0 Å². The van der Waals surface area contributed by atoms with Crippen LogP contribution in [-0.2, 0) is 25.8 Å². The smallest absolute Gasteiger partial charge is 0.0843 e. The maximum Gasteiger partial charge on any atom is 0.0843 e. The van der Waals surface area contributed by atoms with Crippen molar-refractivity contribution in [3.05, 3.63) is 0 Å². The van der Waals surface area contributed by atoms with Gasteiger partial charge in [-0.2, -0.15) is 0 Å². The van der Waals surface area contributed by atoms with E-state index in [-0.39, 0.29) is 33.8 Å². The number of aliphatic hydroxyl groups is 1. The van der Waals surface area contributed by atoms with Gasteiger partial charge in [-0.3, -0.25) is 0 Å². The molecule has 0 saturated carbocycles. The number of aliphatic hydroxyl groups excluding tert-OH is 1. The van der Waals surface area contributed by atoms with Gasteiger partial charge >= 0.3 is 0 Å². The SMILES string of the molecule is CC(C)C1C(C(C)C)[C@@H](CO)O[C@H]1C.[W]. The van der Waals surface area contributed by atoms with Crippen molar-refractivity contribution in [2.24, 2.45) is 23.7 Å². The summed E-state index contributed by atoms with van der Waals surface area (Å²) in [5.41, 5.74) is 0. The van der Waals surface area contributed by atoms with Crippen molar-refractivity contribution in [1.29, 1.82) is 0 Å². The first kappa shape index (κ1) is 15.6. The second-order valence-electron chi connectivity index (χ2n) is 5.20. The second kappa shape index (κ2) is 6.37. The number of ether oxygens (including phenoxy) is 1. The fourth-order valence-electron chi connectivity index (χ4n) is 3.04. The van der Waals surface area contributed by atoms with Crippen LogP contribution in [0.2, 0.25) is 0 Å². The minimum Gasteiger partial charge on any atom is -0.394 e. The largest absolute Gasteiger partial charge is 0.394 e. The van der Waals surface area contributed by atoms with Gasteiger partial charge in [0.05, 0.1) is 18.8 Å². The van der Waals surface area contributed by atoms with E-state index < -0.39 is 0 Å². The molecule has 4 atom stereocenters. The average molecular weight is 384 g/mol. The van der Waals surface area contributed by atoms with E-state index in [1.54, 1.807) is 0 Å². The van der Waals surface area contributed by atoms with E-state index in [9.17, 15) is 5.11 Å². The summed E-state index contributed by atoms with van der Waals surface area (Å²) < 4.78 is 5.81. The third kappa shape index (κ3) is 3.28. The summed E-state index contributed by atoms with van der Waals surface area (Å²) in [4.78, 5) is 0. The molecule has 90 valence electrons. The molecule has 0 aliphatic carbocycles. The van der Waals surface area contributed by atoms with Crippen LogP contribution in [0, 0.1) is 23.7 Å². The zero-order chi connectivity index (χ0) is 10.9. The normalized spacial score (nSPS) is 36.0. The molecule has 0 radical (unpaired) electrons. The summed E-state index contributed by atoms with van der Waals surface area (Å²) >= 11 is 0. The Bertz CT molecular complexity index is 182. The molecular formula is C12H24O2W. The summed E-state index contributed by atoms with van der Waals surface area (Å²) in [6.45, 7) is 11.2. The van der Waals surface area contributed by atoms with Crippen molar-refractivity contribution in [1.82, 2.24) is 0 Å². The van der Waals surface area contributed by atoms with Gasteiger partial charge < -0.3 is 9.84 Å². The van der Waals surface area contributed by atoms with Crippen LogP contribution in [-0.4, -0.2) is 23.9 Å². The first-order valence-electron chi connectivity index (χ1n) is 5.75. The molecule has 1 N–H and O–H groups in total. The standard InChI is InChI=1S/C12H24O2.W/c1-7(2)11-9(5)14-10(6-13)12(11)8(3)4;/h7-13H,6H2,1-5H3;/t9-,10+,11?,12?;/m0./s1. The van der Waals surface area contributed by atoms with Gasteiger partial charge in [0.25, 0.3) is 0 Å². The van der Waals surface area contributed by atoms with Crippen molar-refractivity contribution in [3.8, 4) is 0 Å². The molecule has 15 heavy (non-hydrogen) atoms. The Kier molecular flexibility index (Phi) is 6.63. The maximum atomic E-state index is 9.28. The quantitative estimate of drug-likeness (QED) is 0.810. The Hall–Kier alpha value is 0.608. The van der Waals surface area contributed by atoms with E-state index in [0.29, 0.717) is 29.8 Å². The van der Waals surface area contributed by atoms with Crippen molar-refractivity contribution < 1.29 is 30.9 Å². The van der Waals surface area contributed by atoms with Gasteiger partial charge in [-0.25, -0.2) is 0 Å². The first-order chi connectivity index (χ1) is 6.49. The Balaban J connectivity index is 0.00000196. The van der Waals surface area contributed by atoms with E-state index >= 15 is 0 Å². The second-order valence-corrected chi connectivity index (χ2v) is 5.20. The van der Waals surface area contributed by atoms with Gasteiger partial charge in [0, 0.05) is 21.1 Å².